The maximum atomic E-state index is 5.49. The largest absolute Gasteiger partial charge is 0.495 e. The van der Waals surface area contributed by atoms with Gasteiger partial charge >= 0.3 is 0 Å². The van der Waals surface area contributed by atoms with Crippen LogP contribution < -0.4 is 20.3 Å². The van der Waals surface area contributed by atoms with E-state index in [9.17, 15) is 0 Å². The zero-order chi connectivity index (χ0) is 18.2. The Bertz CT molecular complexity index is 700. The van der Waals surface area contributed by atoms with Crippen LogP contribution in [0.1, 0.15) is 19.1 Å². The molecule has 1 saturated heterocycles. The highest BCUT2D eigenvalue weighted by Gasteiger charge is 2.25. The Labute approximate surface area is 155 Å². The second-order valence-corrected chi connectivity index (χ2v) is 6.34. The van der Waals surface area contributed by atoms with Gasteiger partial charge in [0.2, 0.25) is 0 Å². The quantitative estimate of drug-likeness (QED) is 0.590. The molecule has 0 saturated carbocycles. The first-order valence-corrected chi connectivity index (χ1v) is 9.25. The van der Waals surface area contributed by atoms with Crippen LogP contribution in [0.25, 0.3) is 0 Å². The average molecular weight is 356 g/mol. The number of methoxy groups -OCH3 is 1. The molecule has 0 aliphatic carbocycles. The summed E-state index contributed by atoms with van der Waals surface area (Å²) in [6.07, 6.45) is 3.58. The molecule has 6 nitrogen and oxygen atoms in total. The number of ether oxygens (including phenoxy) is 1. The Morgan fingerprint density at radius 2 is 2.19 bits per heavy atom. The molecule has 3 rings (SSSR count). The summed E-state index contributed by atoms with van der Waals surface area (Å²) in [5.41, 5.74) is 1.15. The van der Waals surface area contributed by atoms with E-state index >= 15 is 0 Å². The van der Waals surface area contributed by atoms with Crippen molar-refractivity contribution < 1.29 is 9.15 Å². The number of hydrogen-bond acceptors (Lipinski definition) is 4. The van der Waals surface area contributed by atoms with Crippen LogP contribution in [-0.4, -0.2) is 45.3 Å². The number of rotatable bonds is 7. The van der Waals surface area contributed by atoms with E-state index in [-0.39, 0.29) is 0 Å². The van der Waals surface area contributed by atoms with E-state index in [4.69, 9.17) is 9.15 Å². The third kappa shape index (κ3) is 4.71. The van der Waals surface area contributed by atoms with Gasteiger partial charge in [-0.05, 0) is 37.6 Å². The lowest BCUT2D eigenvalue weighted by molar-refractivity contribution is 0.415. The summed E-state index contributed by atoms with van der Waals surface area (Å²) >= 11 is 0. The highest BCUT2D eigenvalue weighted by Crippen LogP contribution is 2.30. The van der Waals surface area contributed by atoms with Crippen LogP contribution in [0.15, 0.2) is 52.1 Å². The minimum atomic E-state index is 0.362. The molecule has 26 heavy (non-hydrogen) atoms. The summed E-state index contributed by atoms with van der Waals surface area (Å²) in [6, 6.07) is 12.4. The van der Waals surface area contributed by atoms with E-state index in [2.05, 4.69) is 39.6 Å². The predicted octanol–water partition coefficient (Wildman–Crippen LogP) is 2.66. The fourth-order valence-electron chi connectivity index (χ4n) is 3.23. The normalized spacial score (nSPS) is 17.4. The van der Waals surface area contributed by atoms with Crippen molar-refractivity contribution in [3.8, 4) is 5.75 Å². The lowest BCUT2D eigenvalue weighted by Gasteiger charge is -2.22. The van der Waals surface area contributed by atoms with Crippen molar-refractivity contribution in [1.29, 1.82) is 0 Å². The molecule has 0 bridgehead atoms. The summed E-state index contributed by atoms with van der Waals surface area (Å²) in [7, 11) is 1.72. The molecule has 1 aliphatic heterocycles. The molecule has 1 atom stereocenters. The van der Waals surface area contributed by atoms with Gasteiger partial charge in [0.05, 0.1) is 19.1 Å². The van der Waals surface area contributed by atoms with Crippen LogP contribution in [-0.2, 0) is 6.42 Å². The first kappa shape index (κ1) is 18.2. The highest BCUT2D eigenvalue weighted by molar-refractivity contribution is 5.80. The monoisotopic (exact) mass is 356 g/mol. The molecule has 1 aromatic heterocycles. The Morgan fingerprint density at radius 1 is 1.31 bits per heavy atom. The number of para-hydroxylation sites is 2. The summed E-state index contributed by atoms with van der Waals surface area (Å²) in [6.45, 7) is 5.56. The first-order chi connectivity index (χ1) is 12.8. The summed E-state index contributed by atoms with van der Waals surface area (Å²) < 4.78 is 10.9. The van der Waals surface area contributed by atoms with Crippen molar-refractivity contribution in [2.45, 2.75) is 25.8 Å². The number of nitrogens with one attached hydrogen (secondary N) is 2. The molecule has 6 heteroatoms. The maximum absolute atomic E-state index is 5.49. The Morgan fingerprint density at radius 3 is 2.96 bits per heavy atom. The van der Waals surface area contributed by atoms with Crippen molar-refractivity contribution in [3.63, 3.8) is 0 Å². The Kier molecular flexibility index (Phi) is 6.41. The fraction of sp³-hybridized carbons (Fsp3) is 0.450. The molecule has 1 aliphatic rings. The van der Waals surface area contributed by atoms with Crippen LogP contribution in [0.4, 0.5) is 5.69 Å². The third-order valence-corrected chi connectivity index (χ3v) is 4.51. The first-order valence-electron chi connectivity index (χ1n) is 9.25. The molecule has 2 N–H and O–H groups in total. The van der Waals surface area contributed by atoms with Crippen LogP contribution >= 0.6 is 0 Å². The van der Waals surface area contributed by atoms with Crippen LogP contribution in [0.3, 0.4) is 0 Å². The molecular weight excluding hydrogens is 328 g/mol. The number of nitrogens with zero attached hydrogens (tertiary/aromatic N) is 2. The van der Waals surface area contributed by atoms with Gasteiger partial charge in [-0.15, -0.1) is 0 Å². The van der Waals surface area contributed by atoms with Crippen molar-refractivity contribution in [1.82, 2.24) is 10.6 Å². The molecule has 1 unspecified atom stereocenters. The van der Waals surface area contributed by atoms with Crippen molar-refractivity contribution in [3.05, 3.63) is 48.4 Å². The van der Waals surface area contributed by atoms with E-state index in [1.54, 1.807) is 13.4 Å². The smallest absolute Gasteiger partial charge is 0.191 e. The molecule has 0 radical (unpaired) electrons. The molecule has 2 heterocycles. The van der Waals surface area contributed by atoms with Gasteiger partial charge in [0.25, 0.3) is 0 Å². The summed E-state index contributed by atoms with van der Waals surface area (Å²) in [5, 5.41) is 6.89. The SMILES string of the molecule is CCNC(=NCCc1ccco1)NC1CCN(c2ccccc2OC)C1. The molecule has 0 amide bonds. The number of furan rings is 1. The van der Waals surface area contributed by atoms with Gasteiger partial charge in [0, 0.05) is 38.6 Å². The number of guanidine groups is 1. The van der Waals surface area contributed by atoms with E-state index in [1.165, 1.54) is 0 Å². The summed E-state index contributed by atoms with van der Waals surface area (Å²) in [4.78, 5) is 7.04. The van der Waals surface area contributed by atoms with Crippen LogP contribution in [0, 0.1) is 0 Å². The predicted molar refractivity (Wildman–Crippen MR) is 105 cm³/mol. The third-order valence-electron chi connectivity index (χ3n) is 4.51. The van der Waals surface area contributed by atoms with Gasteiger partial charge in [0.1, 0.15) is 11.5 Å². The van der Waals surface area contributed by atoms with Gasteiger partial charge in [-0.3, -0.25) is 4.99 Å². The number of aliphatic imine (C=N–C) groups is 1. The van der Waals surface area contributed by atoms with Crippen molar-refractivity contribution in [2.75, 3.05) is 38.2 Å². The van der Waals surface area contributed by atoms with Gasteiger partial charge in [-0.1, -0.05) is 12.1 Å². The Balaban J connectivity index is 1.56. The second kappa shape index (κ2) is 9.17. The summed E-state index contributed by atoms with van der Waals surface area (Å²) in [5.74, 6) is 2.76. The molecule has 1 fully saturated rings. The number of anilines is 1. The lowest BCUT2D eigenvalue weighted by Crippen LogP contribution is -2.44. The minimum absolute atomic E-state index is 0.362. The van der Waals surface area contributed by atoms with Gasteiger partial charge < -0.3 is 24.7 Å². The molecular formula is C20H28N4O2. The zero-order valence-electron chi connectivity index (χ0n) is 15.6. The van der Waals surface area contributed by atoms with Crippen molar-refractivity contribution >= 4 is 11.6 Å². The maximum Gasteiger partial charge on any atom is 0.191 e. The molecule has 2 aromatic rings. The zero-order valence-corrected chi connectivity index (χ0v) is 15.6. The van der Waals surface area contributed by atoms with Crippen LogP contribution in [0.2, 0.25) is 0 Å². The molecule has 140 valence electrons. The lowest BCUT2D eigenvalue weighted by atomic mass is 10.2. The van der Waals surface area contributed by atoms with E-state index in [0.717, 1.165) is 55.6 Å². The van der Waals surface area contributed by atoms with Gasteiger partial charge in [0.15, 0.2) is 5.96 Å². The Hall–Kier alpha value is -2.63. The van der Waals surface area contributed by atoms with Crippen LogP contribution in [0.5, 0.6) is 5.75 Å². The highest BCUT2D eigenvalue weighted by atomic mass is 16.5. The standard InChI is InChI=1S/C20H28N4O2/c1-3-21-20(22-12-10-17-7-6-14-26-17)23-16-11-13-24(15-16)18-8-4-5-9-19(18)25-2/h4-9,14,16H,3,10-13,15H2,1-2H3,(H2,21,22,23). The van der Waals surface area contributed by atoms with Gasteiger partial charge in [-0.2, -0.15) is 0 Å². The van der Waals surface area contributed by atoms with E-state index in [1.807, 2.05) is 24.3 Å². The fourth-order valence-corrected chi connectivity index (χ4v) is 3.23. The van der Waals surface area contributed by atoms with Crippen molar-refractivity contribution in [2.24, 2.45) is 4.99 Å². The number of hydrogen-bond donors (Lipinski definition) is 2. The minimum Gasteiger partial charge on any atom is -0.495 e. The topological polar surface area (TPSA) is 62.0 Å². The molecule has 0 spiro atoms. The van der Waals surface area contributed by atoms with E-state index in [0.29, 0.717) is 12.6 Å². The number of benzene rings is 1. The van der Waals surface area contributed by atoms with Gasteiger partial charge in [-0.25, -0.2) is 0 Å². The average Bonchev–Trinajstić information content (AvgIpc) is 3.34. The van der Waals surface area contributed by atoms with E-state index < -0.39 is 0 Å². The molecule has 1 aromatic carbocycles. The second-order valence-electron chi connectivity index (χ2n) is 6.34.